The zero-order valence-corrected chi connectivity index (χ0v) is 11.0. The monoisotopic (exact) mass is 250 g/mol. The minimum absolute atomic E-state index is 0.0674. The molecule has 2 rings (SSSR count). The zero-order chi connectivity index (χ0) is 13.1. The number of hydrogen-bond acceptors (Lipinski definition) is 4. The van der Waals surface area contributed by atoms with Crippen LogP contribution in [0.5, 0.6) is 11.5 Å². The summed E-state index contributed by atoms with van der Waals surface area (Å²) in [6, 6.07) is 5.50. The van der Waals surface area contributed by atoms with Gasteiger partial charge < -0.3 is 19.3 Å². The molecule has 0 spiro atoms. The summed E-state index contributed by atoms with van der Waals surface area (Å²) in [4.78, 5) is 15.8. The average Bonchev–Trinajstić information content (AvgIpc) is 2.36. The Morgan fingerprint density at radius 2 is 2.28 bits per heavy atom. The Morgan fingerprint density at radius 3 is 2.94 bits per heavy atom. The molecule has 5 heteroatoms. The summed E-state index contributed by atoms with van der Waals surface area (Å²) in [7, 11) is 5.37. The number of nitrogens with zero attached hydrogens (tertiary/aromatic N) is 2. The highest BCUT2D eigenvalue weighted by atomic mass is 16.5. The highest BCUT2D eigenvalue weighted by Gasteiger charge is 2.24. The van der Waals surface area contributed by atoms with E-state index in [0.717, 1.165) is 17.2 Å². The fourth-order valence-corrected chi connectivity index (χ4v) is 1.94. The third-order valence-electron chi connectivity index (χ3n) is 2.78. The van der Waals surface area contributed by atoms with Gasteiger partial charge in [-0.05, 0) is 26.2 Å². The van der Waals surface area contributed by atoms with E-state index in [1.165, 1.54) is 0 Å². The maximum absolute atomic E-state index is 12.2. The molecule has 0 bridgehead atoms. The quantitative estimate of drug-likeness (QED) is 0.802. The molecule has 5 nitrogen and oxygen atoms in total. The van der Waals surface area contributed by atoms with Crippen LogP contribution in [0, 0.1) is 0 Å². The first-order valence-corrected chi connectivity index (χ1v) is 5.87. The van der Waals surface area contributed by atoms with Crippen LogP contribution in [0.2, 0.25) is 0 Å². The topological polar surface area (TPSA) is 42.0 Å². The molecule has 0 aromatic heterocycles. The molecule has 1 aromatic carbocycles. The van der Waals surface area contributed by atoms with Crippen molar-refractivity contribution >= 4 is 11.6 Å². The summed E-state index contributed by atoms with van der Waals surface area (Å²) < 4.78 is 10.7. The number of hydrogen-bond donors (Lipinski definition) is 0. The Bertz CT molecular complexity index is 446. The fourth-order valence-electron chi connectivity index (χ4n) is 1.94. The third kappa shape index (κ3) is 2.56. The summed E-state index contributed by atoms with van der Waals surface area (Å²) in [5.74, 6) is 1.52. The van der Waals surface area contributed by atoms with Crippen molar-refractivity contribution in [1.29, 1.82) is 0 Å². The van der Waals surface area contributed by atoms with Crippen molar-refractivity contribution in [2.24, 2.45) is 0 Å². The molecule has 0 aliphatic carbocycles. The van der Waals surface area contributed by atoms with E-state index in [1.807, 2.05) is 37.2 Å². The Morgan fingerprint density at radius 1 is 1.50 bits per heavy atom. The molecule has 0 radical (unpaired) electrons. The van der Waals surface area contributed by atoms with Crippen molar-refractivity contribution in [2.45, 2.75) is 0 Å². The Hall–Kier alpha value is -1.75. The first-order chi connectivity index (χ1) is 8.61. The van der Waals surface area contributed by atoms with Gasteiger partial charge in [0.1, 0.15) is 18.1 Å². The standard InChI is InChI=1S/C13H18N2O3/c1-14(2)9-13(16)15-6-7-18-12-5-4-10(17-3)8-11(12)15/h4-5,8H,6-7,9H2,1-3H3. The minimum atomic E-state index is 0.0674. The zero-order valence-electron chi connectivity index (χ0n) is 11.0. The molecule has 1 aliphatic heterocycles. The van der Waals surface area contributed by atoms with E-state index in [1.54, 1.807) is 12.0 Å². The molecular weight excluding hydrogens is 232 g/mol. The van der Waals surface area contributed by atoms with E-state index in [9.17, 15) is 4.79 Å². The predicted octanol–water partition coefficient (Wildman–Crippen LogP) is 0.982. The Balaban J connectivity index is 2.28. The number of anilines is 1. The number of fused-ring (bicyclic) bond motifs is 1. The molecule has 1 aromatic rings. The summed E-state index contributed by atoms with van der Waals surface area (Å²) in [5, 5.41) is 0. The first-order valence-electron chi connectivity index (χ1n) is 5.87. The minimum Gasteiger partial charge on any atom is -0.497 e. The molecule has 98 valence electrons. The SMILES string of the molecule is COc1ccc2c(c1)N(C(=O)CN(C)C)CCO2. The Kier molecular flexibility index (Phi) is 3.72. The highest BCUT2D eigenvalue weighted by molar-refractivity contribution is 5.96. The van der Waals surface area contributed by atoms with Gasteiger partial charge >= 0.3 is 0 Å². The van der Waals surface area contributed by atoms with Crippen molar-refractivity contribution in [1.82, 2.24) is 4.90 Å². The van der Waals surface area contributed by atoms with Gasteiger partial charge in [0, 0.05) is 6.07 Å². The summed E-state index contributed by atoms with van der Waals surface area (Å²) in [6.07, 6.45) is 0. The summed E-state index contributed by atoms with van der Waals surface area (Å²) >= 11 is 0. The second kappa shape index (κ2) is 5.27. The largest absolute Gasteiger partial charge is 0.497 e. The molecule has 0 unspecified atom stereocenters. The van der Waals surface area contributed by atoms with Crippen molar-refractivity contribution < 1.29 is 14.3 Å². The van der Waals surface area contributed by atoms with Crippen LogP contribution < -0.4 is 14.4 Å². The molecular formula is C13H18N2O3. The number of carbonyl (C=O) groups is 1. The van der Waals surface area contributed by atoms with E-state index >= 15 is 0 Å². The van der Waals surface area contributed by atoms with Crippen LogP contribution in [0.15, 0.2) is 18.2 Å². The summed E-state index contributed by atoms with van der Waals surface area (Å²) in [6.45, 7) is 1.49. The van der Waals surface area contributed by atoms with Crippen LogP contribution in [-0.2, 0) is 4.79 Å². The number of carbonyl (C=O) groups excluding carboxylic acids is 1. The van der Waals surface area contributed by atoms with E-state index in [4.69, 9.17) is 9.47 Å². The number of amides is 1. The van der Waals surface area contributed by atoms with Gasteiger partial charge in [0.15, 0.2) is 0 Å². The van der Waals surface area contributed by atoms with Gasteiger partial charge in [-0.15, -0.1) is 0 Å². The van der Waals surface area contributed by atoms with E-state index < -0.39 is 0 Å². The third-order valence-corrected chi connectivity index (χ3v) is 2.78. The lowest BCUT2D eigenvalue weighted by molar-refractivity contribution is -0.119. The average molecular weight is 250 g/mol. The van der Waals surface area contributed by atoms with E-state index in [2.05, 4.69) is 0 Å². The highest BCUT2D eigenvalue weighted by Crippen LogP contribution is 2.34. The molecule has 18 heavy (non-hydrogen) atoms. The normalized spacial score (nSPS) is 14.1. The van der Waals surface area contributed by atoms with E-state index in [0.29, 0.717) is 19.7 Å². The molecule has 0 saturated carbocycles. The molecule has 0 saturated heterocycles. The van der Waals surface area contributed by atoms with Gasteiger partial charge in [-0.1, -0.05) is 0 Å². The lowest BCUT2D eigenvalue weighted by atomic mass is 10.2. The van der Waals surface area contributed by atoms with Gasteiger partial charge in [-0.3, -0.25) is 4.79 Å². The second-order valence-corrected chi connectivity index (χ2v) is 4.47. The van der Waals surface area contributed by atoms with Crippen molar-refractivity contribution in [3.05, 3.63) is 18.2 Å². The molecule has 1 amide bonds. The first kappa shape index (κ1) is 12.7. The van der Waals surface area contributed by atoms with Gasteiger partial charge in [0.05, 0.1) is 25.9 Å². The van der Waals surface area contributed by atoms with Crippen LogP contribution in [0.4, 0.5) is 5.69 Å². The van der Waals surface area contributed by atoms with Crippen LogP contribution in [0.3, 0.4) is 0 Å². The molecule has 0 fully saturated rings. The Labute approximate surface area is 107 Å². The summed E-state index contributed by atoms with van der Waals surface area (Å²) in [5.41, 5.74) is 0.785. The lowest BCUT2D eigenvalue weighted by Crippen LogP contribution is -2.42. The van der Waals surface area contributed by atoms with Gasteiger partial charge in [-0.2, -0.15) is 0 Å². The maximum Gasteiger partial charge on any atom is 0.241 e. The molecule has 1 heterocycles. The number of likely N-dealkylation sites (N-methyl/N-ethyl adjacent to an activating group) is 1. The van der Waals surface area contributed by atoms with Gasteiger partial charge in [0.2, 0.25) is 5.91 Å². The van der Waals surface area contributed by atoms with Crippen molar-refractivity contribution in [2.75, 3.05) is 45.8 Å². The lowest BCUT2D eigenvalue weighted by Gasteiger charge is -2.30. The fraction of sp³-hybridized carbons (Fsp3) is 0.462. The maximum atomic E-state index is 12.2. The molecule has 0 N–H and O–H groups in total. The van der Waals surface area contributed by atoms with Crippen LogP contribution in [0.25, 0.3) is 0 Å². The number of methoxy groups -OCH3 is 1. The number of ether oxygens (including phenoxy) is 2. The number of benzene rings is 1. The second-order valence-electron chi connectivity index (χ2n) is 4.47. The smallest absolute Gasteiger partial charge is 0.241 e. The van der Waals surface area contributed by atoms with Crippen LogP contribution in [0.1, 0.15) is 0 Å². The van der Waals surface area contributed by atoms with Crippen LogP contribution in [-0.4, -0.2) is 51.7 Å². The van der Waals surface area contributed by atoms with Crippen LogP contribution >= 0.6 is 0 Å². The number of rotatable bonds is 3. The van der Waals surface area contributed by atoms with Gasteiger partial charge in [0.25, 0.3) is 0 Å². The predicted molar refractivity (Wildman–Crippen MR) is 69.4 cm³/mol. The van der Waals surface area contributed by atoms with E-state index in [-0.39, 0.29) is 5.91 Å². The molecule has 0 atom stereocenters. The van der Waals surface area contributed by atoms with Crippen molar-refractivity contribution in [3.8, 4) is 11.5 Å². The van der Waals surface area contributed by atoms with Crippen molar-refractivity contribution in [3.63, 3.8) is 0 Å². The van der Waals surface area contributed by atoms with Gasteiger partial charge in [-0.25, -0.2) is 0 Å². The molecule has 1 aliphatic rings.